The first-order chi connectivity index (χ1) is 16.2. The Hall–Kier alpha value is -3.53. The van der Waals surface area contributed by atoms with Crippen LogP contribution in [0, 0.1) is 6.92 Å². The molecule has 34 heavy (non-hydrogen) atoms. The molecule has 2 aliphatic heterocycles. The van der Waals surface area contributed by atoms with Gasteiger partial charge >= 0.3 is 0 Å². The Bertz CT molecular complexity index is 1250. The topological polar surface area (TPSA) is 125 Å². The van der Waals surface area contributed by atoms with Crippen molar-refractivity contribution in [3.63, 3.8) is 0 Å². The van der Waals surface area contributed by atoms with Gasteiger partial charge in [-0.1, -0.05) is 42.0 Å². The summed E-state index contributed by atoms with van der Waals surface area (Å²) in [6.07, 6.45) is 0.514. The second-order valence-corrected chi connectivity index (χ2v) is 10.7. The minimum atomic E-state index is -3.21. The van der Waals surface area contributed by atoms with Crippen LogP contribution < -0.4 is 10.6 Å². The first-order valence-electron chi connectivity index (χ1n) is 11.1. The minimum Gasteiger partial charge on any atom is -0.348 e. The number of carbonyl (C=O) groups excluding carboxylic acids is 3. The zero-order chi connectivity index (χ0) is 24.3. The number of aryl methyl sites for hydroxylation is 1. The molecule has 9 nitrogen and oxygen atoms in total. The molecule has 4 rings (SSSR count). The van der Waals surface area contributed by atoms with Crippen molar-refractivity contribution >= 4 is 39.0 Å². The molecule has 3 amide bonds. The lowest BCUT2D eigenvalue weighted by Crippen LogP contribution is -2.42. The normalized spacial score (nSPS) is 19.4. The molecule has 2 N–H and O–H groups in total. The molecule has 1 saturated heterocycles. The van der Waals surface area contributed by atoms with Crippen molar-refractivity contribution in [3.8, 4) is 0 Å². The number of rotatable bonds is 6. The van der Waals surface area contributed by atoms with Crippen molar-refractivity contribution < 1.29 is 22.8 Å². The van der Waals surface area contributed by atoms with Gasteiger partial charge in [-0.05, 0) is 31.0 Å². The molecule has 0 spiro atoms. The third kappa shape index (κ3) is 5.51. The number of hydrogen-bond acceptors (Lipinski definition) is 6. The third-order valence-electron chi connectivity index (χ3n) is 5.87. The van der Waals surface area contributed by atoms with E-state index in [9.17, 15) is 22.8 Å². The molecule has 0 saturated carbocycles. The second kappa shape index (κ2) is 9.76. The zero-order valence-electron chi connectivity index (χ0n) is 18.8. The van der Waals surface area contributed by atoms with E-state index in [-0.39, 0.29) is 41.9 Å². The van der Waals surface area contributed by atoms with E-state index in [0.717, 1.165) is 16.1 Å². The predicted octanol–water partition coefficient (Wildman–Crippen LogP) is 2.03. The van der Waals surface area contributed by atoms with Gasteiger partial charge < -0.3 is 10.6 Å². The van der Waals surface area contributed by atoms with Crippen LogP contribution in [0.4, 0.5) is 5.69 Å². The number of carbonyl (C=O) groups is 3. The first kappa shape index (κ1) is 23.6. The lowest BCUT2D eigenvalue weighted by atomic mass is 10.1. The number of benzene rings is 2. The van der Waals surface area contributed by atoms with Gasteiger partial charge in [0.1, 0.15) is 5.71 Å². The molecule has 0 radical (unpaired) electrons. The van der Waals surface area contributed by atoms with Gasteiger partial charge in [0, 0.05) is 19.4 Å². The summed E-state index contributed by atoms with van der Waals surface area (Å²) in [5, 5.41) is 10.9. The van der Waals surface area contributed by atoms with Crippen LogP contribution in [0.2, 0.25) is 0 Å². The zero-order valence-corrected chi connectivity index (χ0v) is 19.6. The highest BCUT2D eigenvalue weighted by Crippen LogP contribution is 2.23. The van der Waals surface area contributed by atoms with Gasteiger partial charge in [-0.25, -0.2) is 13.4 Å². The maximum atomic E-state index is 12.9. The largest absolute Gasteiger partial charge is 0.348 e. The van der Waals surface area contributed by atoms with E-state index in [4.69, 9.17) is 0 Å². The second-order valence-electron chi connectivity index (χ2n) is 8.51. The lowest BCUT2D eigenvalue weighted by Gasteiger charge is -2.27. The molecule has 1 fully saturated rings. The van der Waals surface area contributed by atoms with E-state index in [1.54, 1.807) is 24.3 Å². The highest BCUT2D eigenvalue weighted by Gasteiger charge is 2.37. The first-order valence-corrected chi connectivity index (χ1v) is 12.9. The number of nitrogens with one attached hydrogen (secondary N) is 2. The smallest absolute Gasteiger partial charge is 0.271 e. The fourth-order valence-electron chi connectivity index (χ4n) is 3.96. The van der Waals surface area contributed by atoms with Crippen molar-refractivity contribution in [2.75, 3.05) is 16.8 Å². The van der Waals surface area contributed by atoms with Crippen molar-refractivity contribution in [1.29, 1.82) is 0 Å². The summed E-state index contributed by atoms with van der Waals surface area (Å²) in [5.74, 6) is -1.31. The number of anilines is 1. The molecule has 0 aromatic heterocycles. The van der Waals surface area contributed by atoms with E-state index in [0.29, 0.717) is 24.2 Å². The van der Waals surface area contributed by atoms with Crippen LogP contribution in [-0.4, -0.2) is 54.4 Å². The van der Waals surface area contributed by atoms with E-state index in [2.05, 4.69) is 15.7 Å². The Balaban J connectivity index is 1.45. The van der Waals surface area contributed by atoms with Gasteiger partial charge in [0.25, 0.3) is 11.8 Å². The molecular weight excluding hydrogens is 456 g/mol. The van der Waals surface area contributed by atoms with Crippen LogP contribution in [0.15, 0.2) is 53.6 Å². The van der Waals surface area contributed by atoms with Crippen LogP contribution in [0.3, 0.4) is 0 Å². The van der Waals surface area contributed by atoms with Gasteiger partial charge in [0.05, 0.1) is 28.8 Å². The number of nitrogens with zero attached hydrogens (tertiary/aromatic N) is 2. The maximum Gasteiger partial charge on any atom is 0.271 e. The Morgan fingerprint density at radius 2 is 1.79 bits per heavy atom. The number of amides is 3. The number of sulfone groups is 1. The van der Waals surface area contributed by atoms with Gasteiger partial charge in [-0.2, -0.15) is 5.10 Å². The highest BCUT2D eigenvalue weighted by atomic mass is 32.2. The summed E-state index contributed by atoms with van der Waals surface area (Å²) in [7, 11) is -3.21. The molecule has 2 aromatic carbocycles. The van der Waals surface area contributed by atoms with Gasteiger partial charge in [0.2, 0.25) is 5.91 Å². The lowest BCUT2D eigenvalue weighted by molar-refractivity contribution is -0.133. The van der Waals surface area contributed by atoms with Crippen molar-refractivity contribution in [1.82, 2.24) is 10.3 Å². The summed E-state index contributed by atoms with van der Waals surface area (Å²) < 4.78 is 23.6. The quantitative estimate of drug-likeness (QED) is 0.652. The van der Waals surface area contributed by atoms with E-state index in [1.165, 1.54) is 0 Å². The molecule has 2 aromatic rings. The summed E-state index contributed by atoms with van der Waals surface area (Å²) in [4.78, 5) is 38.0. The molecule has 10 heteroatoms. The molecular formula is C24H26N4O5S. The summed E-state index contributed by atoms with van der Waals surface area (Å²) in [6.45, 7) is 2.33. The molecule has 1 atom stereocenters. The Morgan fingerprint density at radius 3 is 2.50 bits per heavy atom. The fourth-order valence-corrected chi connectivity index (χ4v) is 5.65. The van der Waals surface area contributed by atoms with Gasteiger partial charge in [-0.15, -0.1) is 0 Å². The van der Waals surface area contributed by atoms with E-state index < -0.39 is 21.8 Å². The fraction of sp³-hybridized carbons (Fsp3) is 0.333. The standard InChI is InChI=1S/C24H26N4O5S/c1-16-6-8-17(9-7-16)14-25-23(30)19-4-2-3-5-20(19)26-24(31)21-10-11-22(29)28(27-21)18-12-13-34(32,33)15-18/h2-9,18H,10-15H2,1H3,(H,25,30)(H,26,31)/t18-/m1/s1. The summed E-state index contributed by atoms with van der Waals surface area (Å²) in [6, 6.07) is 13.9. The third-order valence-corrected chi connectivity index (χ3v) is 7.62. The highest BCUT2D eigenvalue weighted by molar-refractivity contribution is 7.91. The SMILES string of the molecule is Cc1ccc(CNC(=O)c2ccccc2NC(=O)C2=NN([C@@H]3CCS(=O)(=O)C3)C(=O)CC2)cc1. The van der Waals surface area contributed by atoms with E-state index in [1.807, 2.05) is 31.2 Å². The van der Waals surface area contributed by atoms with Crippen LogP contribution in [0.5, 0.6) is 0 Å². The Morgan fingerprint density at radius 1 is 1.06 bits per heavy atom. The molecule has 0 aliphatic carbocycles. The van der Waals surface area contributed by atoms with Crippen molar-refractivity contribution in [3.05, 3.63) is 65.2 Å². The van der Waals surface area contributed by atoms with Crippen LogP contribution >= 0.6 is 0 Å². The summed E-state index contributed by atoms with van der Waals surface area (Å²) in [5.41, 5.74) is 2.83. The Kier molecular flexibility index (Phi) is 6.78. The monoisotopic (exact) mass is 482 g/mol. The molecule has 0 unspecified atom stereocenters. The molecule has 178 valence electrons. The van der Waals surface area contributed by atoms with Crippen molar-refractivity contribution in [2.24, 2.45) is 5.10 Å². The summed E-state index contributed by atoms with van der Waals surface area (Å²) >= 11 is 0. The maximum absolute atomic E-state index is 12.9. The average Bonchev–Trinajstić information content (AvgIpc) is 3.18. The van der Waals surface area contributed by atoms with Crippen LogP contribution in [-0.2, 0) is 26.0 Å². The van der Waals surface area contributed by atoms with Crippen LogP contribution in [0.25, 0.3) is 0 Å². The Labute approximate surface area is 198 Å². The van der Waals surface area contributed by atoms with Crippen molar-refractivity contribution in [2.45, 2.75) is 38.8 Å². The number of hydrazone groups is 1. The molecule has 2 heterocycles. The molecule has 0 bridgehead atoms. The molecule has 2 aliphatic rings. The number of hydrogen-bond donors (Lipinski definition) is 2. The van der Waals surface area contributed by atoms with Gasteiger partial charge in [0.15, 0.2) is 9.84 Å². The van der Waals surface area contributed by atoms with Crippen LogP contribution in [0.1, 0.15) is 40.7 Å². The minimum absolute atomic E-state index is 0.00354. The van der Waals surface area contributed by atoms with E-state index >= 15 is 0 Å². The number of para-hydroxylation sites is 1. The predicted molar refractivity (Wildman–Crippen MR) is 128 cm³/mol. The van der Waals surface area contributed by atoms with Gasteiger partial charge in [-0.3, -0.25) is 14.4 Å². The average molecular weight is 483 g/mol.